The topological polar surface area (TPSA) is 3.24 Å². The summed E-state index contributed by atoms with van der Waals surface area (Å²) in [5, 5.41) is 0. The molecule has 0 radical (unpaired) electrons. The Kier molecular flexibility index (Phi) is 2.71. The van der Waals surface area contributed by atoms with Gasteiger partial charge in [0, 0.05) is 13.1 Å². The Morgan fingerprint density at radius 3 is 2.17 bits per heavy atom. The van der Waals surface area contributed by atoms with E-state index in [1.165, 1.54) is 0 Å². The molecule has 0 saturated carbocycles. The molecule has 1 aliphatic heterocycles. The fourth-order valence-electron chi connectivity index (χ4n) is 1.66. The van der Waals surface area contributed by atoms with E-state index in [0.29, 0.717) is 5.92 Å². The molecule has 1 fully saturated rings. The van der Waals surface area contributed by atoms with Gasteiger partial charge in [-0.1, -0.05) is 20.8 Å². The van der Waals surface area contributed by atoms with E-state index in [1.807, 2.05) is 4.90 Å². The lowest BCUT2D eigenvalue weighted by atomic mass is 9.73. The molecule has 0 aromatic rings. The van der Waals surface area contributed by atoms with Crippen molar-refractivity contribution in [3.63, 3.8) is 0 Å². The zero-order valence-corrected chi connectivity index (χ0v) is 7.98. The summed E-state index contributed by atoms with van der Waals surface area (Å²) in [6, 6.07) is 0. The zero-order valence-electron chi connectivity index (χ0n) is 7.98. The van der Waals surface area contributed by atoms with Crippen LogP contribution in [0.5, 0.6) is 0 Å². The number of nitrogens with zero attached hydrogens (tertiary/aromatic N) is 1. The zero-order chi connectivity index (χ0) is 9.35. The van der Waals surface area contributed by atoms with E-state index in [2.05, 4.69) is 20.8 Å². The lowest BCUT2D eigenvalue weighted by molar-refractivity contribution is -0.0506. The van der Waals surface area contributed by atoms with Gasteiger partial charge in [0.25, 0.3) is 6.43 Å². The SMILES string of the molecule is CC(C)C1(C)CN(CC(F)F)C1. The van der Waals surface area contributed by atoms with Crippen molar-refractivity contribution < 1.29 is 8.78 Å². The summed E-state index contributed by atoms with van der Waals surface area (Å²) in [6.07, 6.45) is -2.18. The van der Waals surface area contributed by atoms with E-state index in [9.17, 15) is 8.78 Å². The van der Waals surface area contributed by atoms with Crippen molar-refractivity contribution in [1.82, 2.24) is 4.90 Å². The van der Waals surface area contributed by atoms with Gasteiger partial charge in [0.15, 0.2) is 0 Å². The third-order valence-electron chi connectivity index (χ3n) is 2.96. The third kappa shape index (κ3) is 1.94. The molecule has 0 amide bonds. The maximum Gasteiger partial charge on any atom is 0.251 e. The van der Waals surface area contributed by atoms with E-state index in [4.69, 9.17) is 0 Å². The summed E-state index contributed by atoms with van der Waals surface area (Å²) in [5.74, 6) is 0.589. The highest BCUT2D eigenvalue weighted by Crippen LogP contribution is 2.37. The normalized spacial score (nSPS) is 23.2. The van der Waals surface area contributed by atoms with Crippen molar-refractivity contribution in [2.24, 2.45) is 11.3 Å². The molecule has 1 rings (SSSR count). The second-order valence-electron chi connectivity index (χ2n) is 4.37. The van der Waals surface area contributed by atoms with Crippen molar-refractivity contribution in [2.75, 3.05) is 19.6 Å². The van der Waals surface area contributed by atoms with Crippen LogP contribution in [0.4, 0.5) is 8.78 Å². The highest BCUT2D eigenvalue weighted by molar-refractivity contribution is 4.93. The Balaban J connectivity index is 2.27. The Morgan fingerprint density at radius 2 is 1.83 bits per heavy atom. The van der Waals surface area contributed by atoms with E-state index in [0.717, 1.165) is 13.1 Å². The van der Waals surface area contributed by atoms with Crippen molar-refractivity contribution >= 4 is 0 Å². The van der Waals surface area contributed by atoms with Gasteiger partial charge in [-0.2, -0.15) is 0 Å². The van der Waals surface area contributed by atoms with Gasteiger partial charge in [0.1, 0.15) is 0 Å². The lowest BCUT2D eigenvalue weighted by Gasteiger charge is -2.50. The molecule has 1 aliphatic rings. The van der Waals surface area contributed by atoms with Crippen LogP contribution in [-0.2, 0) is 0 Å². The molecule has 12 heavy (non-hydrogen) atoms. The first-order chi connectivity index (χ1) is 5.44. The van der Waals surface area contributed by atoms with Crippen LogP contribution in [-0.4, -0.2) is 31.0 Å². The fraction of sp³-hybridized carbons (Fsp3) is 1.00. The minimum absolute atomic E-state index is 0.0533. The standard InChI is InChI=1S/C9H17F2N/c1-7(2)9(3)5-12(6-9)4-8(10)11/h7-8H,4-6H2,1-3H3. The largest absolute Gasteiger partial charge is 0.297 e. The van der Waals surface area contributed by atoms with Crippen LogP contribution >= 0.6 is 0 Å². The number of rotatable bonds is 3. The minimum Gasteiger partial charge on any atom is -0.297 e. The summed E-state index contributed by atoms with van der Waals surface area (Å²) in [5.41, 5.74) is 0.273. The Bertz CT molecular complexity index is 151. The summed E-state index contributed by atoms with van der Waals surface area (Å²) < 4.78 is 23.8. The molecule has 0 aromatic heterocycles. The second-order valence-corrected chi connectivity index (χ2v) is 4.37. The quantitative estimate of drug-likeness (QED) is 0.639. The van der Waals surface area contributed by atoms with Gasteiger partial charge in [0.2, 0.25) is 0 Å². The molecular formula is C9H17F2N. The van der Waals surface area contributed by atoms with Crippen LogP contribution < -0.4 is 0 Å². The fourth-order valence-corrected chi connectivity index (χ4v) is 1.66. The number of halogens is 2. The van der Waals surface area contributed by atoms with Crippen LogP contribution in [0.2, 0.25) is 0 Å². The average molecular weight is 177 g/mol. The predicted molar refractivity (Wildman–Crippen MR) is 45.4 cm³/mol. The molecule has 0 unspecified atom stereocenters. The monoisotopic (exact) mass is 177 g/mol. The summed E-state index contributed by atoms with van der Waals surface area (Å²) >= 11 is 0. The molecule has 0 N–H and O–H groups in total. The molecular weight excluding hydrogens is 160 g/mol. The van der Waals surface area contributed by atoms with Crippen LogP contribution in [0, 0.1) is 11.3 Å². The maximum atomic E-state index is 11.9. The number of hydrogen-bond donors (Lipinski definition) is 0. The van der Waals surface area contributed by atoms with Crippen molar-refractivity contribution in [3.8, 4) is 0 Å². The summed E-state index contributed by atoms with van der Waals surface area (Å²) in [6.45, 7) is 8.07. The molecule has 0 atom stereocenters. The van der Waals surface area contributed by atoms with Gasteiger partial charge in [-0.3, -0.25) is 4.90 Å². The van der Waals surface area contributed by atoms with E-state index in [1.54, 1.807) is 0 Å². The second kappa shape index (κ2) is 3.29. The van der Waals surface area contributed by atoms with Crippen LogP contribution in [0.3, 0.4) is 0 Å². The van der Waals surface area contributed by atoms with Crippen molar-refractivity contribution in [1.29, 1.82) is 0 Å². The van der Waals surface area contributed by atoms with Crippen molar-refractivity contribution in [2.45, 2.75) is 27.2 Å². The predicted octanol–water partition coefficient (Wildman–Crippen LogP) is 2.23. The molecule has 0 aliphatic carbocycles. The first kappa shape index (κ1) is 9.90. The lowest BCUT2D eigenvalue weighted by Crippen LogP contribution is -2.58. The van der Waals surface area contributed by atoms with E-state index < -0.39 is 6.43 Å². The van der Waals surface area contributed by atoms with Gasteiger partial charge >= 0.3 is 0 Å². The number of likely N-dealkylation sites (tertiary alicyclic amines) is 1. The van der Waals surface area contributed by atoms with E-state index >= 15 is 0 Å². The number of hydrogen-bond acceptors (Lipinski definition) is 1. The average Bonchev–Trinajstić information content (AvgIpc) is 1.82. The van der Waals surface area contributed by atoms with Crippen LogP contribution in [0.1, 0.15) is 20.8 Å². The highest BCUT2D eigenvalue weighted by Gasteiger charge is 2.41. The third-order valence-corrected chi connectivity index (χ3v) is 2.96. The van der Waals surface area contributed by atoms with Crippen LogP contribution in [0.15, 0.2) is 0 Å². The Hall–Kier alpha value is -0.180. The smallest absolute Gasteiger partial charge is 0.251 e. The highest BCUT2D eigenvalue weighted by atomic mass is 19.3. The summed E-state index contributed by atoms with van der Waals surface area (Å²) in [4.78, 5) is 1.82. The van der Waals surface area contributed by atoms with Crippen LogP contribution in [0.25, 0.3) is 0 Å². The van der Waals surface area contributed by atoms with Crippen molar-refractivity contribution in [3.05, 3.63) is 0 Å². The van der Waals surface area contributed by atoms with Gasteiger partial charge in [0.05, 0.1) is 6.54 Å². The summed E-state index contributed by atoms with van der Waals surface area (Å²) in [7, 11) is 0. The molecule has 72 valence electrons. The molecule has 1 heterocycles. The molecule has 1 nitrogen and oxygen atoms in total. The van der Waals surface area contributed by atoms with Gasteiger partial charge in [-0.25, -0.2) is 8.78 Å². The van der Waals surface area contributed by atoms with Gasteiger partial charge in [-0.15, -0.1) is 0 Å². The molecule has 3 heteroatoms. The molecule has 0 spiro atoms. The maximum absolute atomic E-state index is 11.9. The van der Waals surface area contributed by atoms with Gasteiger partial charge < -0.3 is 0 Å². The molecule has 1 saturated heterocycles. The molecule has 0 aromatic carbocycles. The minimum atomic E-state index is -2.18. The Morgan fingerprint density at radius 1 is 1.33 bits per heavy atom. The first-order valence-electron chi connectivity index (χ1n) is 4.44. The van der Waals surface area contributed by atoms with Gasteiger partial charge in [-0.05, 0) is 11.3 Å². The van der Waals surface area contributed by atoms with E-state index in [-0.39, 0.29) is 12.0 Å². The molecule has 0 bridgehead atoms. The Labute approximate surface area is 72.7 Å². The number of alkyl halides is 2. The first-order valence-corrected chi connectivity index (χ1v) is 4.44.